The minimum Gasteiger partial charge on any atom is -0.342 e. The Kier molecular flexibility index (Phi) is 12.0. The van der Waals surface area contributed by atoms with Gasteiger partial charge in [0.25, 0.3) is 5.91 Å². The molecule has 37 heavy (non-hydrogen) atoms. The predicted molar refractivity (Wildman–Crippen MR) is 145 cm³/mol. The summed E-state index contributed by atoms with van der Waals surface area (Å²) in [5.41, 5.74) is 1.06. The molecule has 1 unspecified atom stereocenters. The van der Waals surface area contributed by atoms with Gasteiger partial charge in [-0.2, -0.15) is 0 Å². The molecule has 1 amide bonds. The highest BCUT2D eigenvalue weighted by Crippen LogP contribution is 2.28. The van der Waals surface area contributed by atoms with Crippen LogP contribution in [0, 0.1) is 5.92 Å². The second kappa shape index (κ2) is 15.2. The maximum Gasteiger partial charge on any atom is 0.269 e. The number of nitrogens with two attached hydrogens (primary N) is 1. The van der Waals surface area contributed by atoms with E-state index in [1.165, 1.54) is 30.3 Å². The van der Waals surface area contributed by atoms with Crippen molar-refractivity contribution in [1.29, 1.82) is 0 Å². The number of nitrogens with zero attached hydrogens (tertiary/aromatic N) is 3. The number of amidine groups is 1. The lowest BCUT2D eigenvalue weighted by Crippen LogP contribution is -2.52. The molecule has 1 saturated heterocycles. The van der Waals surface area contributed by atoms with E-state index in [0.29, 0.717) is 35.9 Å². The molecule has 1 aliphatic carbocycles. The molecule has 1 atom stereocenters. The van der Waals surface area contributed by atoms with E-state index in [4.69, 9.17) is 5.84 Å². The molecule has 0 aromatic carbocycles. The minimum absolute atomic E-state index is 0.139. The highest BCUT2D eigenvalue weighted by atomic mass is 19.1. The van der Waals surface area contributed by atoms with Crippen LogP contribution in [0.15, 0.2) is 39.9 Å². The van der Waals surface area contributed by atoms with Crippen LogP contribution in [-0.4, -0.2) is 80.2 Å². The third kappa shape index (κ3) is 8.35. The van der Waals surface area contributed by atoms with E-state index in [0.717, 1.165) is 51.9 Å². The van der Waals surface area contributed by atoms with E-state index >= 15 is 4.39 Å². The molecule has 3 aliphatic rings. The fourth-order valence-corrected chi connectivity index (χ4v) is 5.36. The van der Waals surface area contributed by atoms with E-state index in [9.17, 15) is 9.18 Å². The standard InChI is InChI=1S/C27H45F2N7O/c1-3-23(36(30)4-2)27(37)34-25(20-10-8-6-5-7-9-11-20)26-32-18-22(33-26)24(29)21(12-13-28)19-35-16-14-31-15-17-35/h3,12,20,25,31H,4-11,13-19,30H2,1-2H3,(H,32,33)(H,34,37)/b21-12-,23-3-,24-22-. The van der Waals surface area contributed by atoms with Gasteiger partial charge in [0, 0.05) is 44.8 Å². The first kappa shape index (κ1) is 29.3. The number of hydrazine groups is 1. The molecule has 0 aromatic heterocycles. The molecule has 3 rings (SSSR count). The molecule has 0 spiro atoms. The van der Waals surface area contributed by atoms with Gasteiger partial charge in [-0.05, 0) is 38.7 Å². The highest BCUT2D eigenvalue weighted by molar-refractivity contribution is 5.99. The molecule has 2 fully saturated rings. The van der Waals surface area contributed by atoms with Gasteiger partial charge in [0.1, 0.15) is 24.0 Å². The Morgan fingerprint density at radius 1 is 1.24 bits per heavy atom. The molecule has 0 aromatic rings. The molecule has 10 heteroatoms. The summed E-state index contributed by atoms with van der Waals surface area (Å²) in [5, 5.41) is 11.1. The maximum absolute atomic E-state index is 15.7. The lowest BCUT2D eigenvalue weighted by Gasteiger charge is -2.31. The Bertz CT molecular complexity index is 872. The summed E-state index contributed by atoms with van der Waals surface area (Å²) in [7, 11) is 0. The highest BCUT2D eigenvalue weighted by Gasteiger charge is 2.33. The summed E-state index contributed by atoms with van der Waals surface area (Å²) in [6.07, 6.45) is 10.7. The van der Waals surface area contributed by atoms with Crippen molar-refractivity contribution < 1.29 is 13.6 Å². The van der Waals surface area contributed by atoms with Gasteiger partial charge in [0.05, 0.1) is 18.3 Å². The molecule has 208 valence electrons. The Balaban J connectivity index is 1.80. The molecule has 0 bridgehead atoms. The van der Waals surface area contributed by atoms with Crippen molar-refractivity contribution in [1.82, 2.24) is 25.9 Å². The lowest BCUT2D eigenvalue weighted by atomic mass is 9.85. The minimum atomic E-state index is -0.726. The van der Waals surface area contributed by atoms with Crippen LogP contribution in [0.3, 0.4) is 0 Å². The van der Waals surface area contributed by atoms with Crippen molar-refractivity contribution in [3.63, 3.8) is 0 Å². The number of carbonyl (C=O) groups is 1. The van der Waals surface area contributed by atoms with Gasteiger partial charge in [-0.25, -0.2) is 14.6 Å². The van der Waals surface area contributed by atoms with E-state index < -0.39 is 12.5 Å². The first-order valence-corrected chi connectivity index (χ1v) is 13.9. The number of rotatable bonds is 10. The molecule has 0 radical (unpaired) electrons. The van der Waals surface area contributed by atoms with E-state index in [2.05, 4.69) is 25.8 Å². The van der Waals surface area contributed by atoms with Crippen LogP contribution in [0.5, 0.6) is 0 Å². The average molecular weight is 522 g/mol. The largest absolute Gasteiger partial charge is 0.342 e. The summed E-state index contributed by atoms with van der Waals surface area (Å²) in [6.45, 7) is 7.19. The summed E-state index contributed by atoms with van der Waals surface area (Å²) in [4.78, 5) is 20.0. The van der Waals surface area contributed by atoms with Crippen LogP contribution < -0.4 is 21.8 Å². The summed E-state index contributed by atoms with van der Waals surface area (Å²) < 4.78 is 29.0. The summed E-state index contributed by atoms with van der Waals surface area (Å²) in [5.74, 6) is 6.08. The SMILES string of the molecule is C/C=C(/C(=O)NC(C1=NC/C(=C(F)\C(=C/CF)CN2CCNCC2)N1)C1CCCCCCC1)N(N)CC. The van der Waals surface area contributed by atoms with Gasteiger partial charge in [-0.15, -0.1) is 0 Å². The fraction of sp³-hybridized carbons (Fsp3) is 0.704. The first-order valence-electron chi connectivity index (χ1n) is 13.9. The van der Waals surface area contributed by atoms with Crippen LogP contribution in [0.4, 0.5) is 8.78 Å². The topological polar surface area (TPSA) is 98.0 Å². The van der Waals surface area contributed by atoms with Crippen LogP contribution >= 0.6 is 0 Å². The van der Waals surface area contributed by atoms with Gasteiger partial charge in [-0.3, -0.25) is 14.7 Å². The third-order valence-electron chi connectivity index (χ3n) is 7.52. The number of likely N-dealkylation sites (N-methyl/N-ethyl adjacent to an activating group) is 1. The van der Waals surface area contributed by atoms with Crippen LogP contribution in [-0.2, 0) is 4.79 Å². The quantitative estimate of drug-likeness (QED) is 0.201. The molecule has 2 aliphatic heterocycles. The molecular formula is C27H45F2N7O. The smallest absolute Gasteiger partial charge is 0.269 e. The van der Waals surface area contributed by atoms with Crippen LogP contribution in [0.1, 0.15) is 58.8 Å². The van der Waals surface area contributed by atoms with Crippen molar-refractivity contribution in [3.05, 3.63) is 34.9 Å². The monoisotopic (exact) mass is 521 g/mol. The van der Waals surface area contributed by atoms with E-state index in [-0.39, 0.29) is 24.4 Å². The number of hydrogen-bond donors (Lipinski definition) is 4. The Morgan fingerprint density at radius 2 is 1.92 bits per heavy atom. The Labute approximate surface area is 220 Å². The number of nitrogens with one attached hydrogen (secondary N) is 3. The van der Waals surface area contributed by atoms with E-state index in [1.807, 2.05) is 6.92 Å². The van der Waals surface area contributed by atoms with Crippen molar-refractivity contribution >= 4 is 11.7 Å². The maximum atomic E-state index is 15.7. The zero-order chi connectivity index (χ0) is 26.6. The average Bonchev–Trinajstić information content (AvgIpc) is 3.38. The zero-order valence-corrected chi connectivity index (χ0v) is 22.5. The number of halogens is 2. The van der Waals surface area contributed by atoms with Crippen molar-refractivity contribution in [2.45, 2.75) is 64.8 Å². The van der Waals surface area contributed by atoms with Gasteiger partial charge >= 0.3 is 0 Å². The molecule has 8 nitrogen and oxygen atoms in total. The molecule has 1 saturated carbocycles. The molecule has 5 N–H and O–H groups in total. The third-order valence-corrected chi connectivity index (χ3v) is 7.52. The predicted octanol–water partition coefficient (Wildman–Crippen LogP) is 2.92. The number of aliphatic imine (C=N–C) groups is 1. The molecule has 2 heterocycles. The first-order chi connectivity index (χ1) is 18.0. The van der Waals surface area contributed by atoms with Gasteiger partial charge in [0.15, 0.2) is 0 Å². The normalized spacial score (nSPS) is 23.0. The number of carbonyl (C=O) groups excluding carboxylic acids is 1. The summed E-state index contributed by atoms with van der Waals surface area (Å²) >= 11 is 0. The van der Waals surface area contributed by atoms with Crippen molar-refractivity contribution in [2.75, 3.05) is 52.5 Å². The summed E-state index contributed by atoms with van der Waals surface area (Å²) in [6, 6.07) is -0.377. The van der Waals surface area contributed by atoms with Gasteiger partial charge < -0.3 is 21.0 Å². The van der Waals surface area contributed by atoms with Gasteiger partial charge in [-0.1, -0.05) is 38.2 Å². The number of piperazine rings is 1. The lowest BCUT2D eigenvalue weighted by molar-refractivity contribution is -0.119. The second-order valence-electron chi connectivity index (χ2n) is 10.0. The molecular weight excluding hydrogens is 476 g/mol. The number of alkyl halides is 1. The number of amides is 1. The van der Waals surface area contributed by atoms with Crippen molar-refractivity contribution in [3.8, 4) is 0 Å². The number of allylic oxidation sites excluding steroid dienone is 2. The van der Waals surface area contributed by atoms with E-state index in [1.54, 1.807) is 13.0 Å². The van der Waals surface area contributed by atoms with Crippen LogP contribution in [0.25, 0.3) is 0 Å². The zero-order valence-electron chi connectivity index (χ0n) is 22.5. The Morgan fingerprint density at radius 3 is 2.54 bits per heavy atom. The Hall–Kier alpha value is -2.30. The van der Waals surface area contributed by atoms with Crippen molar-refractivity contribution in [2.24, 2.45) is 16.8 Å². The fourth-order valence-electron chi connectivity index (χ4n) is 5.36. The van der Waals surface area contributed by atoms with Crippen LogP contribution in [0.2, 0.25) is 0 Å². The second-order valence-corrected chi connectivity index (χ2v) is 10.0. The number of hydrogen-bond acceptors (Lipinski definition) is 7. The van der Waals surface area contributed by atoms with Gasteiger partial charge in [0.2, 0.25) is 0 Å².